The average molecular weight is 325 g/mol. The Morgan fingerprint density at radius 1 is 1.14 bits per heavy atom. The lowest BCUT2D eigenvalue weighted by atomic mass is 10.1. The van der Waals surface area contributed by atoms with Crippen LogP contribution in [0.3, 0.4) is 0 Å². The van der Waals surface area contributed by atoms with Crippen molar-refractivity contribution in [1.29, 1.82) is 0 Å². The molecular weight excluding hydrogens is 308 g/mol. The van der Waals surface area contributed by atoms with Crippen molar-refractivity contribution < 1.29 is 8.42 Å². The molecular formula is C15H17ClN2O2S. The molecule has 0 heterocycles. The maximum atomic E-state index is 12.5. The molecule has 0 unspecified atom stereocenters. The van der Waals surface area contributed by atoms with E-state index in [1.54, 1.807) is 0 Å². The highest BCUT2D eigenvalue weighted by molar-refractivity contribution is 7.89. The van der Waals surface area contributed by atoms with Crippen molar-refractivity contribution in [1.82, 2.24) is 4.31 Å². The molecule has 2 N–H and O–H groups in total. The van der Waals surface area contributed by atoms with Gasteiger partial charge in [0.05, 0.1) is 5.69 Å². The normalized spacial score (nSPS) is 11.8. The van der Waals surface area contributed by atoms with Crippen LogP contribution in [0.15, 0.2) is 47.4 Å². The fourth-order valence-corrected chi connectivity index (χ4v) is 3.39. The maximum Gasteiger partial charge on any atom is 0.245 e. The third-order valence-electron chi connectivity index (χ3n) is 3.19. The largest absolute Gasteiger partial charge is 0.398 e. The molecule has 2 rings (SSSR count). The van der Waals surface area contributed by atoms with E-state index in [4.69, 9.17) is 17.3 Å². The first-order valence-electron chi connectivity index (χ1n) is 6.37. The minimum absolute atomic E-state index is 0.0708. The molecule has 0 bridgehead atoms. The standard InChI is InChI=1S/C15H17ClN2O2S/c1-11-3-5-12(6-4-11)10-18(2)21(19,20)15-8-7-13(16)9-14(15)17/h3-9H,10,17H2,1-2H3. The average Bonchev–Trinajstić information content (AvgIpc) is 2.40. The van der Waals surface area contributed by atoms with E-state index in [0.717, 1.165) is 11.1 Å². The van der Waals surface area contributed by atoms with Crippen LogP contribution in [0.2, 0.25) is 5.02 Å². The molecule has 0 aliphatic rings. The second-order valence-electron chi connectivity index (χ2n) is 4.93. The molecule has 0 radical (unpaired) electrons. The van der Waals surface area contributed by atoms with Gasteiger partial charge in [0.2, 0.25) is 10.0 Å². The number of aryl methyl sites for hydroxylation is 1. The predicted octanol–water partition coefficient (Wildman–Crippen LogP) is 3.05. The number of hydrogen-bond acceptors (Lipinski definition) is 3. The first-order chi connectivity index (χ1) is 9.80. The highest BCUT2D eigenvalue weighted by Crippen LogP contribution is 2.25. The van der Waals surface area contributed by atoms with Crippen LogP contribution in [0.5, 0.6) is 0 Å². The van der Waals surface area contributed by atoms with Gasteiger partial charge < -0.3 is 5.73 Å². The van der Waals surface area contributed by atoms with Gasteiger partial charge in [-0.15, -0.1) is 0 Å². The van der Waals surface area contributed by atoms with Crippen LogP contribution in [-0.2, 0) is 16.6 Å². The van der Waals surface area contributed by atoms with E-state index < -0.39 is 10.0 Å². The van der Waals surface area contributed by atoms with Gasteiger partial charge in [-0.1, -0.05) is 41.4 Å². The van der Waals surface area contributed by atoms with Crippen molar-refractivity contribution in [2.24, 2.45) is 0 Å². The first kappa shape index (κ1) is 15.8. The molecule has 0 aromatic heterocycles. The maximum absolute atomic E-state index is 12.5. The van der Waals surface area contributed by atoms with Crippen LogP contribution >= 0.6 is 11.6 Å². The van der Waals surface area contributed by atoms with Gasteiger partial charge in [-0.05, 0) is 30.7 Å². The predicted molar refractivity (Wildman–Crippen MR) is 85.7 cm³/mol. The second-order valence-corrected chi connectivity index (χ2v) is 7.38. The molecule has 0 atom stereocenters. The number of sulfonamides is 1. The number of nitrogens with zero attached hydrogens (tertiary/aromatic N) is 1. The minimum Gasteiger partial charge on any atom is -0.398 e. The van der Waals surface area contributed by atoms with E-state index in [9.17, 15) is 8.42 Å². The molecule has 0 spiro atoms. The fourth-order valence-electron chi connectivity index (χ4n) is 1.96. The van der Waals surface area contributed by atoms with Crippen molar-refractivity contribution >= 4 is 27.3 Å². The molecule has 4 nitrogen and oxygen atoms in total. The number of nitrogens with two attached hydrogens (primary N) is 1. The Morgan fingerprint density at radius 3 is 2.33 bits per heavy atom. The Morgan fingerprint density at radius 2 is 1.76 bits per heavy atom. The van der Waals surface area contributed by atoms with Crippen LogP contribution in [0.4, 0.5) is 5.69 Å². The zero-order chi connectivity index (χ0) is 15.6. The lowest BCUT2D eigenvalue weighted by Crippen LogP contribution is -2.27. The molecule has 0 aliphatic carbocycles. The van der Waals surface area contributed by atoms with Gasteiger partial charge in [-0.2, -0.15) is 4.31 Å². The van der Waals surface area contributed by atoms with Gasteiger partial charge in [0.1, 0.15) is 4.90 Å². The fraction of sp³-hybridized carbons (Fsp3) is 0.200. The van der Waals surface area contributed by atoms with Crippen molar-refractivity contribution in [3.63, 3.8) is 0 Å². The van der Waals surface area contributed by atoms with E-state index in [1.807, 2.05) is 31.2 Å². The smallest absolute Gasteiger partial charge is 0.245 e. The minimum atomic E-state index is -3.65. The number of hydrogen-bond donors (Lipinski definition) is 1. The van der Waals surface area contributed by atoms with Crippen LogP contribution in [0.25, 0.3) is 0 Å². The summed E-state index contributed by atoms with van der Waals surface area (Å²) in [5, 5.41) is 0.410. The van der Waals surface area contributed by atoms with Gasteiger partial charge in [0.25, 0.3) is 0 Å². The van der Waals surface area contributed by atoms with E-state index in [-0.39, 0.29) is 17.1 Å². The Hall–Kier alpha value is -1.56. The third-order valence-corrected chi connectivity index (χ3v) is 5.30. The topological polar surface area (TPSA) is 63.4 Å². The monoisotopic (exact) mass is 324 g/mol. The van der Waals surface area contributed by atoms with Crippen LogP contribution in [-0.4, -0.2) is 19.8 Å². The molecule has 6 heteroatoms. The molecule has 2 aromatic rings. The summed E-state index contributed by atoms with van der Waals surface area (Å²) in [6.07, 6.45) is 0. The molecule has 0 fully saturated rings. The Labute approximate surface area is 130 Å². The molecule has 0 saturated heterocycles. The van der Waals surface area contributed by atoms with Gasteiger partial charge in [-0.3, -0.25) is 0 Å². The summed E-state index contributed by atoms with van der Waals surface area (Å²) in [6, 6.07) is 12.1. The lowest BCUT2D eigenvalue weighted by Gasteiger charge is -2.18. The second kappa shape index (κ2) is 6.05. The summed E-state index contributed by atoms with van der Waals surface area (Å²) in [6.45, 7) is 2.27. The number of halogens is 1. The van der Waals surface area contributed by atoms with Crippen LogP contribution < -0.4 is 5.73 Å². The zero-order valence-electron chi connectivity index (χ0n) is 11.9. The summed E-state index contributed by atoms with van der Waals surface area (Å²) in [5.74, 6) is 0. The van der Waals surface area contributed by atoms with Crippen LogP contribution in [0, 0.1) is 6.92 Å². The molecule has 112 valence electrons. The molecule has 0 saturated carbocycles. The zero-order valence-corrected chi connectivity index (χ0v) is 13.4. The number of rotatable bonds is 4. The molecule has 0 aliphatic heterocycles. The Kier molecular flexibility index (Phi) is 4.56. The third kappa shape index (κ3) is 3.56. The molecule has 2 aromatic carbocycles. The number of anilines is 1. The van der Waals surface area contributed by atoms with Crippen molar-refractivity contribution in [3.05, 3.63) is 58.6 Å². The SMILES string of the molecule is Cc1ccc(CN(C)S(=O)(=O)c2ccc(Cl)cc2N)cc1. The van der Waals surface area contributed by atoms with Gasteiger partial charge in [0.15, 0.2) is 0 Å². The highest BCUT2D eigenvalue weighted by atomic mass is 35.5. The summed E-state index contributed by atoms with van der Waals surface area (Å²) >= 11 is 5.80. The Balaban J connectivity index is 2.28. The van der Waals surface area contributed by atoms with E-state index in [2.05, 4.69) is 0 Å². The van der Waals surface area contributed by atoms with Crippen molar-refractivity contribution in [3.8, 4) is 0 Å². The van der Waals surface area contributed by atoms with Gasteiger partial charge in [0, 0.05) is 18.6 Å². The quantitative estimate of drug-likeness (QED) is 0.879. The van der Waals surface area contributed by atoms with Gasteiger partial charge >= 0.3 is 0 Å². The Bertz CT molecular complexity index is 743. The number of benzene rings is 2. The summed E-state index contributed by atoms with van der Waals surface area (Å²) < 4.78 is 26.4. The van der Waals surface area contributed by atoms with Crippen LogP contribution in [0.1, 0.15) is 11.1 Å². The van der Waals surface area contributed by atoms with E-state index >= 15 is 0 Å². The van der Waals surface area contributed by atoms with E-state index in [1.165, 1.54) is 29.6 Å². The van der Waals surface area contributed by atoms with E-state index in [0.29, 0.717) is 5.02 Å². The number of nitrogen functional groups attached to an aromatic ring is 1. The van der Waals surface area contributed by atoms with Crippen molar-refractivity contribution in [2.75, 3.05) is 12.8 Å². The highest BCUT2D eigenvalue weighted by Gasteiger charge is 2.23. The lowest BCUT2D eigenvalue weighted by molar-refractivity contribution is 0.467. The summed E-state index contributed by atoms with van der Waals surface area (Å²) in [5.41, 5.74) is 7.97. The molecule has 21 heavy (non-hydrogen) atoms. The summed E-state index contributed by atoms with van der Waals surface area (Å²) in [7, 11) is -2.11. The first-order valence-corrected chi connectivity index (χ1v) is 8.19. The summed E-state index contributed by atoms with van der Waals surface area (Å²) in [4.78, 5) is 0.0708. The van der Waals surface area contributed by atoms with Gasteiger partial charge in [-0.25, -0.2) is 8.42 Å². The molecule has 0 amide bonds. The van der Waals surface area contributed by atoms with Crippen molar-refractivity contribution in [2.45, 2.75) is 18.4 Å².